The van der Waals surface area contributed by atoms with Crippen LogP contribution in [0.2, 0.25) is 20.1 Å². The van der Waals surface area contributed by atoms with Crippen LogP contribution >= 0.6 is 46.4 Å². The minimum absolute atomic E-state index is 0.118. The van der Waals surface area contributed by atoms with Gasteiger partial charge in [0.2, 0.25) is 0 Å². The van der Waals surface area contributed by atoms with Crippen LogP contribution in [0.1, 0.15) is 121 Å². The van der Waals surface area contributed by atoms with Crippen LogP contribution in [0.25, 0.3) is 0 Å². The van der Waals surface area contributed by atoms with E-state index in [2.05, 4.69) is 28.7 Å². The summed E-state index contributed by atoms with van der Waals surface area (Å²) in [7, 11) is 0. The number of hydrogen-bond donors (Lipinski definition) is 2. The van der Waals surface area contributed by atoms with Gasteiger partial charge < -0.3 is 19.9 Å². The van der Waals surface area contributed by atoms with E-state index in [4.69, 9.17) is 51.1 Å². The molecule has 59 heavy (non-hydrogen) atoms. The number of anilines is 3. The lowest BCUT2D eigenvalue weighted by molar-refractivity contribution is -0.123. The highest BCUT2D eigenvalue weighted by Gasteiger charge is 2.40. The Morgan fingerprint density at radius 2 is 1.44 bits per heavy atom. The number of ether oxygens (including phenoxy) is 1. The number of nitrogens with one attached hydrogen (secondary N) is 2. The zero-order valence-corrected chi connectivity index (χ0v) is 37.2. The van der Waals surface area contributed by atoms with E-state index in [0.29, 0.717) is 39.2 Å². The minimum atomic E-state index is -1.05. The Bertz CT molecular complexity index is 2120. The summed E-state index contributed by atoms with van der Waals surface area (Å²) in [5, 5.41) is 12.7. The molecule has 3 aromatic carbocycles. The monoisotopic (exact) mass is 881 g/mol. The van der Waals surface area contributed by atoms with Crippen molar-refractivity contribution in [3.63, 3.8) is 0 Å². The summed E-state index contributed by atoms with van der Waals surface area (Å²) in [6.07, 6.45) is 20.9. The molecule has 0 fully saturated rings. The van der Waals surface area contributed by atoms with Crippen molar-refractivity contribution >= 4 is 81.1 Å². The van der Waals surface area contributed by atoms with Crippen LogP contribution in [-0.2, 0) is 16.0 Å². The Morgan fingerprint density at radius 3 is 2.07 bits per heavy atom. The number of hydrazone groups is 1. The number of aromatic nitrogens is 1. The first-order chi connectivity index (χ1) is 28.5. The van der Waals surface area contributed by atoms with Gasteiger partial charge in [0.1, 0.15) is 11.4 Å². The molecule has 4 aromatic rings. The fraction of sp³-hybridized carbons (Fsp3) is 0.435. The fourth-order valence-electron chi connectivity index (χ4n) is 7.15. The van der Waals surface area contributed by atoms with E-state index >= 15 is 0 Å². The number of halogens is 4. The predicted molar refractivity (Wildman–Crippen MR) is 245 cm³/mol. The van der Waals surface area contributed by atoms with E-state index in [1.807, 2.05) is 25.1 Å². The van der Waals surface area contributed by atoms with E-state index < -0.39 is 18.1 Å². The van der Waals surface area contributed by atoms with Crippen molar-refractivity contribution in [1.82, 2.24) is 4.57 Å². The van der Waals surface area contributed by atoms with E-state index in [0.717, 1.165) is 17.9 Å². The summed E-state index contributed by atoms with van der Waals surface area (Å²) in [6, 6.07) is 16.2. The third-order valence-corrected chi connectivity index (χ3v) is 11.6. The van der Waals surface area contributed by atoms with Gasteiger partial charge in [-0.05, 0) is 74.2 Å². The van der Waals surface area contributed by atoms with Crippen LogP contribution in [-0.4, -0.2) is 28.3 Å². The second kappa shape index (κ2) is 23.1. The molecule has 2 heterocycles. The molecule has 0 bridgehead atoms. The van der Waals surface area contributed by atoms with Crippen molar-refractivity contribution in [3.8, 4) is 5.75 Å². The van der Waals surface area contributed by atoms with Gasteiger partial charge in [-0.25, -0.2) is 0 Å². The Hall–Kier alpha value is -4.02. The lowest BCUT2D eigenvalue weighted by Gasteiger charge is -2.20. The van der Waals surface area contributed by atoms with Gasteiger partial charge in [0.15, 0.2) is 23.4 Å². The van der Waals surface area contributed by atoms with Crippen molar-refractivity contribution < 1.29 is 14.3 Å². The summed E-state index contributed by atoms with van der Waals surface area (Å²) in [5.74, 6) is -0.00997. The fourth-order valence-corrected chi connectivity index (χ4v) is 8.29. The number of amidine groups is 1. The minimum Gasteiger partial charge on any atom is -0.481 e. The Labute approximate surface area is 368 Å². The lowest BCUT2D eigenvalue weighted by atomic mass is 10.0. The third kappa shape index (κ3) is 13.2. The molecule has 0 radical (unpaired) electrons. The summed E-state index contributed by atoms with van der Waals surface area (Å²) in [4.78, 5) is 39.9. The van der Waals surface area contributed by atoms with Crippen LogP contribution < -0.4 is 25.8 Å². The zero-order valence-electron chi connectivity index (χ0n) is 34.2. The van der Waals surface area contributed by atoms with E-state index in [9.17, 15) is 14.4 Å². The standard InChI is InChI=1S/C46H55Cl4N5O4/c1-4-6-7-8-9-10-11-12-13-14-15-16-17-19-32-20-18-21-35(26-32)59-41(5-2)45(57)51-34-22-23-36(48)39(29-34)52-44-43(54-25-24-40(56)31(3)30-54)46(58)55(53-44)42-37(49)27-33(47)28-38(42)50/h18,20-30,41,43H,4-17,19H2,1-3H3,(H,51,57)(H,52,53). The van der Waals surface area contributed by atoms with E-state index in [1.165, 1.54) is 107 Å². The molecule has 0 saturated carbocycles. The predicted octanol–water partition coefficient (Wildman–Crippen LogP) is 13.2. The van der Waals surface area contributed by atoms with Crippen LogP contribution in [0.5, 0.6) is 5.75 Å². The molecule has 0 saturated heterocycles. The molecule has 2 atom stereocenters. The van der Waals surface area contributed by atoms with Crippen molar-refractivity contribution in [2.45, 2.75) is 129 Å². The molecule has 9 nitrogen and oxygen atoms in total. The summed E-state index contributed by atoms with van der Waals surface area (Å²) < 4.78 is 7.79. The highest BCUT2D eigenvalue weighted by atomic mass is 35.5. The lowest BCUT2D eigenvalue weighted by Crippen LogP contribution is -2.33. The van der Waals surface area contributed by atoms with Crippen molar-refractivity contribution in [3.05, 3.63) is 114 Å². The molecule has 2 unspecified atom stereocenters. The average molecular weight is 884 g/mol. The largest absolute Gasteiger partial charge is 0.481 e. The van der Waals surface area contributed by atoms with Gasteiger partial charge in [0, 0.05) is 34.7 Å². The first-order valence-electron chi connectivity index (χ1n) is 20.9. The molecular formula is C46H55Cl4N5O4. The number of nitrogens with zero attached hydrogens (tertiary/aromatic N) is 3. The maximum atomic E-state index is 14.0. The first kappa shape index (κ1) is 46.1. The number of unbranched alkanes of at least 4 members (excludes halogenated alkanes) is 12. The second-order valence-electron chi connectivity index (χ2n) is 15.2. The number of benzene rings is 3. The van der Waals surface area contributed by atoms with Gasteiger partial charge in [-0.1, -0.05) is 149 Å². The SMILES string of the molecule is CCCCCCCCCCCCCCCc1cccc(OC(CC)C(=O)Nc2ccc(Cl)c(NC3=NN(c4c(Cl)cc(Cl)cc4Cl)C(=O)C3n3ccc(=O)c(C)c3)c2)c1. The number of aryl methyl sites for hydroxylation is 2. The third-order valence-electron chi connectivity index (χ3n) is 10.4. The molecule has 5 rings (SSSR count). The number of carbonyl (C=O) groups excluding carboxylic acids is 2. The van der Waals surface area contributed by atoms with Crippen molar-refractivity contribution in [1.29, 1.82) is 0 Å². The number of rotatable bonds is 22. The molecule has 0 spiro atoms. The number of hydrogen-bond acceptors (Lipinski definition) is 6. The van der Waals surface area contributed by atoms with Crippen LogP contribution in [0, 0.1) is 6.92 Å². The van der Waals surface area contributed by atoms with E-state index in [-0.39, 0.29) is 32.9 Å². The highest BCUT2D eigenvalue weighted by molar-refractivity contribution is 6.43. The molecule has 316 valence electrons. The van der Waals surface area contributed by atoms with Crippen molar-refractivity contribution in [2.75, 3.05) is 15.6 Å². The van der Waals surface area contributed by atoms with E-state index in [1.54, 1.807) is 35.9 Å². The molecule has 13 heteroatoms. The number of carbonyl (C=O) groups is 2. The van der Waals surface area contributed by atoms with Gasteiger partial charge in [-0.3, -0.25) is 14.4 Å². The molecule has 1 aromatic heterocycles. The molecular weight excluding hydrogens is 828 g/mol. The van der Waals surface area contributed by atoms with Gasteiger partial charge in [-0.15, -0.1) is 5.10 Å². The molecule has 2 N–H and O–H groups in total. The first-order valence-corrected chi connectivity index (χ1v) is 22.4. The molecule has 0 aliphatic carbocycles. The van der Waals surface area contributed by atoms with Gasteiger partial charge in [0.05, 0.1) is 20.8 Å². The molecule has 1 aliphatic rings. The normalized spacial score (nSPS) is 14.4. The maximum absolute atomic E-state index is 14.0. The zero-order chi connectivity index (χ0) is 42.3. The van der Waals surface area contributed by atoms with Gasteiger partial charge in [-0.2, -0.15) is 5.01 Å². The maximum Gasteiger partial charge on any atom is 0.278 e. The average Bonchev–Trinajstić information content (AvgIpc) is 3.51. The van der Waals surface area contributed by atoms with Crippen molar-refractivity contribution in [2.24, 2.45) is 5.10 Å². The van der Waals surface area contributed by atoms with Gasteiger partial charge in [0.25, 0.3) is 11.8 Å². The van der Waals surface area contributed by atoms with Crippen LogP contribution in [0.15, 0.2) is 83.0 Å². The number of amides is 2. The quantitative estimate of drug-likeness (QED) is 0.0765. The topological polar surface area (TPSA) is 105 Å². The number of pyridine rings is 1. The Balaban J connectivity index is 1.19. The smallest absolute Gasteiger partial charge is 0.278 e. The van der Waals surface area contributed by atoms with Gasteiger partial charge >= 0.3 is 0 Å². The Morgan fingerprint density at radius 1 is 0.797 bits per heavy atom. The highest BCUT2D eigenvalue weighted by Crippen LogP contribution is 2.40. The summed E-state index contributed by atoms with van der Waals surface area (Å²) >= 11 is 25.8. The molecule has 1 aliphatic heterocycles. The van der Waals surface area contributed by atoms with Crippen LogP contribution in [0.3, 0.4) is 0 Å². The van der Waals surface area contributed by atoms with Crippen LogP contribution in [0.4, 0.5) is 17.1 Å². The molecule has 2 amide bonds. The second-order valence-corrected chi connectivity index (χ2v) is 16.8. The summed E-state index contributed by atoms with van der Waals surface area (Å²) in [6.45, 7) is 5.82. The summed E-state index contributed by atoms with van der Waals surface area (Å²) in [5.41, 5.74) is 2.39. The Kier molecular flexibility index (Phi) is 18.0.